The highest BCUT2D eigenvalue weighted by molar-refractivity contribution is 7.26. The minimum absolute atomic E-state index is 1.18. The Labute approximate surface area is 330 Å². The van der Waals surface area contributed by atoms with Gasteiger partial charge in [0.15, 0.2) is 0 Å². The average Bonchev–Trinajstić information content (AvgIpc) is 3.82. The minimum atomic E-state index is 1.18. The summed E-state index contributed by atoms with van der Waals surface area (Å²) in [5.41, 5.74) is 15.7. The first-order valence-electron chi connectivity index (χ1n) is 19.2. The van der Waals surface area contributed by atoms with Crippen LogP contribution in [0.3, 0.4) is 0 Å². The Morgan fingerprint density at radius 3 is 1.52 bits per heavy atom. The highest BCUT2D eigenvalue weighted by atomic mass is 32.1. The fourth-order valence-electron chi connectivity index (χ4n) is 8.57. The van der Waals surface area contributed by atoms with Gasteiger partial charge < -0.3 is 4.57 Å². The maximum absolute atomic E-state index is 2.45. The zero-order valence-electron chi connectivity index (χ0n) is 30.6. The van der Waals surface area contributed by atoms with Crippen molar-refractivity contribution in [2.75, 3.05) is 0 Å². The normalized spacial score (nSPS) is 11.6. The summed E-state index contributed by atoms with van der Waals surface area (Å²) in [6.07, 6.45) is 0. The van der Waals surface area contributed by atoms with Gasteiger partial charge in [-0.05, 0) is 122 Å². The van der Waals surface area contributed by atoms with E-state index in [2.05, 4.69) is 217 Å². The van der Waals surface area contributed by atoms with Crippen molar-refractivity contribution in [3.63, 3.8) is 0 Å². The summed E-state index contributed by atoms with van der Waals surface area (Å²) in [5, 5.41) is 5.22. The SMILES string of the molecule is c1ccc(-c2cc(-c3ccccc3)cc(-c3cc(-c4ccccc4)ccc3-c3ccc4sc5ccc6c(c7ccccc7n6-c6ccccc6)c5c4c3)c2)cc1. The molecular weight excluding hydrogens is 695 g/mol. The van der Waals surface area contributed by atoms with E-state index in [4.69, 9.17) is 0 Å². The van der Waals surface area contributed by atoms with E-state index in [1.165, 1.54) is 103 Å². The Bertz CT molecular complexity index is 3150. The lowest BCUT2D eigenvalue weighted by atomic mass is 9.87. The summed E-state index contributed by atoms with van der Waals surface area (Å²) >= 11 is 1.88. The van der Waals surface area contributed by atoms with Crippen LogP contribution in [0.5, 0.6) is 0 Å². The molecule has 0 unspecified atom stereocenters. The Morgan fingerprint density at radius 1 is 0.286 bits per heavy atom. The van der Waals surface area contributed by atoms with Crippen LogP contribution in [0, 0.1) is 0 Å². The van der Waals surface area contributed by atoms with E-state index >= 15 is 0 Å². The Balaban J connectivity index is 1.18. The van der Waals surface area contributed by atoms with Gasteiger partial charge in [-0.3, -0.25) is 0 Å². The minimum Gasteiger partial charge on any atom is -0.309 e. The monoisotopic (exact) mass is 729 g/mol. The first-order valence-corrected chi connectivity index (χ1v) is 20.0. The summed E-state index contributed by atoms with van der Waals surface area (Å²) in [6, 6.07) is 77.7. The lowest BCUT2D eigenvalue weighted by Crippen LogP contribution is -1.92. The maximum atomic E-state index is 2.45. The fraction of sp³-hybridized carbons (Fsp3) is 0. The molecule has 1 nitrogen and oxygen atoms in total. The lowest BCUT2D eigenvalue weighted by Gasteiger charge is -2.16. The molecule has 0 spiro atoms. The molecule has 11 rings (SSSR count). The number of para-hydroxylation sites is 2. The van der Waals surface area contributed by atoms with Crippen molar-refractivity contribution in [1.29, 1.82) is 0 Å². The second-order valence-electron chi connectivity index (χ2n) is 14.5. The number of nitrogens with zero attached hydrogens (tertiary/aromatic N) is 1. The number of hydrogen-bond acceptors (Lipinski definition) is 1. The largest absolute Gasteiger partial charge is 0.309 e. The van der Waals surface area contributed by atoms with Crippen LogP contribution in [-0.2, 0) is 0 Å². The molecule has 0 saturated carbocycles. The predicted molar refractivity (Wildman–Crippen MR) is 241 cm³/mol. The average molecular weight is 730 g/mol. The molecule has 11 aromatic rings. The van der Waals surface area contributed by atoms with Crippen molar-refractivity contribution in [2.24, 2.45) is 0 Å². The Morgan fingerprint density at radius 2 is 0.839 bits per heavy atom. The molecule has 2 aromatic heterocycles. The number of aromatic nitrogens is 1. The van der Waals surface area contributed by atoms with Crippen molar-refractivity contribution >= 4 is 53.3 Å². The molecule has 0 aliphatic rings. The molecule has 0 radical (unpaired) electrons. The standard InChI is InChI=1S/C54H35NS/c1-5-15-36(16-6-1)39-25-27-45(47(34-39)43-32-41(37-17-7-2-8-18-37)31-42(33-43)38-19-9-3-10-20-38)40-26-29-51-48(35-40)54-52(56-51)30-28-50-53(54)46-23-13-14-24-49(46)55(50)44-21-11-4-12-22-44/h1-35H. The van der Waals surface area contributed by atoms with Crippen LogP contribution in [0.2, 0.25) is 0 Å². The first kappa shape index (κ1) is 32.4. The van der Waals surface area contributed by atoms with Crippen LogP contribution >= 0.6 is 11.3 Å². The highest BCUT2D eigenvalue weighted by Gasteiger charge is 2.19. The fourth-order valence-corrected chi connectivity index (χ4v) is 9.67. The molecule has 0 aliphatic heterocycles. The lowest BCUT2D eigenvalue weighted by molar-refractivity contribution is 1.18. The molecule has 0 atom stereocenters. The number of fused-ring (bicyclic) bond motifs is 7. The van der Waals surface area contributed by atoms with Gasteiger partial charge in [-0.15, -0.1) is 11.3 Å². The molecular formula is C54H35NS. The van der Waals surface area contributed by atoms with Crippen molar-refractivity contribution in [3.05, 3.63) is 212 Å². The van der Waals surface area contributed by atoms with Crippen LogP contribution in [0.1, 0.15) is 0 Å². The Hall–Kier alpha value is -7.00. The number of rotatable bonds is 6. The molecule has 262 valence electrons. The zero-order chi connectivity index (χ0) is 37.0. The zero-order valence-corrected chi connectivity index (χ0v) is 31.4. The van der Waals surface area contributed by atoms with Gasteiger partial charge in [-0.25, -0.2) is 0 Å². The highest BCUT2D eigenvalue weighted by Crippen LogP contribution is 2.46. The molecule has 0 fully saturated rings. The summed E-state index contributed by atoms with van der Waals surface area (Å²) < 4.78 is 5.03. The third kappa shape index (κ3) is 5.46. The Kier molecular flexibility index (Phi) is 7.75. The first-order chi connectivity index (χ1) is 27.8. The van der Waals surface area contributed by atoms with Gasteiger partial charge in [0.25, 0.3) is 0 Å². The van der Waals surface area contributed by atoms with Crippen LogP contribution in [0.25, 0.3) is 103 Å². The van der Waals surface area contributed by atoms with E-state index in [-0.39, 0.29) is 0 Å². The van der Waals surface area contributed by atoms with E-state index in [0.29, 0.717) is 0 Å². The topological polar surface area (TPSA) is 4.93 Å². The van der Waals surface area contributed by atoms with E-state index in [1.807, 2.05) is 11.3 Å². The molecule has 0 saturated heterocycles. The van der Waals surface area contributed by atoms with Crippen LogP contribution < -0.4 is 0 Å². The van der Waals surface area contributed by atoms with Gasteiger partial charge in [0, 0.05) is 36.6 Å². The van der Waals surface area contributed by atoms with Gasteiger partial charge in [-0.2, -0.15) is 0 Å². The van der Waals surface area contributed by atoms with Crippen molar-refractivity contribution in [1.82, 2.24) is 4.57 Å². The molecule has 0 amide bonds. The van der Waals surface area contributed by atoms with Crippen molar-refractivity contribution < 1.29 is 0 Å². The summed E-state index contributed by atoms with van der Waals surface area (Å²) in [5.74, 6) is 0. The second-order valence-corrected chi connectivity index (χ2v) is 15.6. The summed E-state index contributed by atoms with van der Waals surface area (Å²) in [7, 11) is 0. The van der Waals surface area contributed by atoms with Crippen molar-refractivity contribution in [3.8, 4) is 61.3 Å². The van der Waals surface area contributed by atoms with E-state index in [0.717, 1.165) is 0 Å². The quantitative estimate of drug-likeness (QED) is 0.161. The predicted octanol–water partition coefficient (Wildman–Crippen LogP) is 15.5. The van der Waals surface area contributed by atoms with E-state index < -0.39 is 0 Å². The number of thiophene rings is 1. The smallest absolute Gasteiger partial charge is 0.0548 e. The van der Waals surface area contributed by atoms with Gasteiger partial charge >= 0.3 is 0 Å². The third-order valence-electron chi connectivity index (χ3n) is 11.2. The van der Waals surface area contributed by atoms with Gasteiger partial charge in [0.05, 0.1) is 11.0 Å². The van der Waals surface area contributed by atoms with Crippen LogP contribution in [0.4, 0.5) is 0 Å². The molecule has 56 heavy (non-hydrogen) atoms. The molecule has 2 heterocycles. The molecule has 9 aromatic carbocycles. The van der Waals surface area contributed by atoms with Gasteiger partial charge in [0.2, 0.25) is 0 Å². The summed E-state index contributed by atoms with van der Waals surface area (Å²) in [6.45, 7) is 0. The molecule has 0 aliphatic carbocycles. The number of benzene rings is 9. The van der Waals surface area contributed by atoms with Gasteiger partial charge in [0.1, 0.15) is 0 Å². The third-order valence-corrected chi connectivity index (χ3v) is 12.3. The van der Waals surface area contributed by atoms with E-state index in [1.54, 1.807) is 0 Å². The van der Waals surface area contributed by atoms with E-state index in [9.17, 15) is 0 Å². The molecule has 0 N–H and O–H groups in total. The van der Waals surface area contributed by atoms with Gasteiger partial charge in [-0.1, -0.05) is 146 Å². The second kappa shape index (κ2) is 13.4. The van der Waals surface area contributed by atoms with Crippen LogP contribution in [-0.4, -0.2) is 4.57 Å². The van der Waals surface area contributed by atoms with Crippen molar-refractivity contribution in [2.45, 2.75) is 0 Å². The molecule has 2 heteroatoms. The van der Waals surface area contributed by atoms with Crippen LogP contribution in [0.15, 0.2) is 212 Å². The molecule has 0 bridgehead atoms. The maximum Gasteiger partial charge on any atom is 0.0548 e. The number of hydrogen-bond donors (Lipinski definition) is 0. The summed E-state index contributed by atoms with van der Waals surface area (Å²) in [4.78, 5) is 0.